The van der Waals surface area contributed by atoms with Crippen molar-refractivity contribution < 1.29 is 0 Å². The Balaban J connectivity index is 1.94. The lowest BCUT2D eigenvalue weighted by Gasteiger charge is -2.31. The average molecular weight is 273 g/mol. The molecule has 0 heterocycles. The van der Waals surface area contributed by atoms with E-state index in [-0.39, 0.29) is 5.92 Å². The molecule has 0 amide bonds. The summed E-state index contributed by atoms with van der Waals surface area (Å²) in [6, 6.07) is 11.2. The molecule has 1 nitrogen and oxygen atoms in total. The first-order valence-corrected chi connectivity index (χ1v) is 8.34. The van der Waals surface area contributed by atoms with Gasteiger partial charge in [-0.25, -0.2) is 0 Å². The molecule has 1 aliphatic rings. The van der Waals surface area contributed by atoms with E-state index in [9.17, 15) is 5.26 Å². The summed E-state index contributed by atoms with van der Waals surface area (Å²) in [5, 5.41) is 9.83. The van der Waals surface area contributed by atoms with Gasteiger partial charge in [-0.3, -0.25) is 0 Å². The Morgan fingerprint density at radius 2 is 2.21 bits per heavy atom. The summed E-state index contributed by atoms with van der Waals surface area (Å²) in [6.45, 7) is 4.42. The van der Waals surface area contributed by atoms with Crippen LogP contribution in [0.4, 0.5) is 0 Å². The minimum atomic E-state index is 0.262. The zero-order chi connectivity index (χ0) is 13.7. The highest BCUT2D eigenvalue weighted by atomic mass is 32.2. The maximum atomic E-state index is 9.30. The van der Waals surface area contributed by atoms with Crippen LogP contribution in [0.1, 0.15) is 43.7 Å². The van der Waals surface area contributed by atoms with Crippen LogP contribution in [-0.4, -0.2) is 5.25 Å². The molecule has 19 heavy (non-hydrogen) atoms. The quantitative estimate of drug-likeness (QED) is 0.775. The number of aryl methyl sites for hydroxylation is 1. The molecule has 1 aromatic rings. The van der Waals surface area contributed by atoms with Crippen molar-refractivity contribution in [2.75, 3.05) is 0 Å². The molecule has 0 bridgehead atoms. The van der Waals surface area contributed by atoms with Gasteiger partial charge in [-0.1, -0.05) is 43.2 Å². The van der Waals surface area contributed by atoms with Crippen molar-refractivity contribution in [3.63, 3.8) is 0 Å². The highest BCUT2D eigenvalue weighted by molar-refractivity contribution is 7.99. The third kappa shape index (κ3) is 4.01. The van der Waals surface area contributed by atoms with Gasteiger partial charge in [0.2, 0.25) is 0 Å². The van der Waals surface area contributed by atoms with Crippen LogP contribution < -0.4 is 0 Å². The third-order valence-electron chi connectivity index (χ3n) is 4.19. The Bertz CT molecular complexity index is 449. The number of hydrogen-bond donors (Lipinski definition) is 0. The topological polar surface area (TPSA) is 23.8 Å². The van der Waals surface area contributed by atoms with E-state index in [1.54, 1.807) is 0 Å². The number of thioether (sulfide) groups is 1. The molecule has 2 heteroatoms. The molecule has 0 radical (unpaired) electrons. The Morgan fingerprint density at radius 3 is 2.89 bits per heavy atom. The van der Waals surface area contributed by atoms with Crippen molar-refractivity contribution in [1.82, 2.24) is 0 Å². The molecule has 1 aromatic carbocycles. The molecule has 102 valence electrons. The summed E-state index contributed by atoms with van der Waals surface area (Å²) in [4.78, 5) is 0. The van der Waals surface area contributed by atoms with Gasteiger partial charge >= 0.3 is 0 Å². The van der Waals surface area contributed by atoms with E-state index in [1.165, 1.54) is 30.4 Å². The first-order chi connectivity index (χ1) is 9.22. The van der Waals surface area contributed by atoms with Crippen molar-refractivity contribution in [2.24, 2.45) is 11.8 Å². The van der Waals surface area contributed by atoms with Gasteiger partial charge in [-0.2, -0.15) is 17.0 Å². The summed E-state index contributed by atoms with van der Waals surface area (Å²) < 4.78 is 0. The van der Waals surface area contributed by atoms with Gasteiger partial charge in [0.15, 0.2) is 0 Å². The van der Waals surface area contributed by atoms with Crippen LogP contribution in [0.25, 0.3) is 0 Å². The summed E-state index contributed by atoms with van der Waals surface area (Å²) in [5.41, 5.74) is 2.71. The lowest BCUT2D eigenvalue weighted by Crippen LogP contribution is -2.26. The molecule has 1 saturated carbocycles. The smallest absolute Gasteiger partial charge is 0.0667 e. The van der Waals surface area contributed by atoms with Crippen molar-refractivity contribution in [3.05, 3.63) is 35.4 Å². The van der Waals surface area contributed by atoms with Crippen LogP contribution >= 0.6 is 11.8 Å². The Kier molecular flexibility index (Phi) is 5.34. The number of benzene rings is 1. The van der Waals surface area contributed by atoms with Crippen molar-refractivity contribution in [3.8, 4) is 6.07 Å². The normalized spacial score (nSPS) is 26.9. The SMILES string of the molecule is CCC1CCC(C#N)C(SCc2cccc(C)c2)C1. The maximum absolute atomic E-state index is 9.30. The second kappa shape index (κ2) is 7.01. The minimum absolute atomic E-state index is 0.262. The fraction of sp³-hybridized carbons (Fsp3) is 0.588. The van der Waals surface area contributed by atoms with Crippen molar-refractivity contribution >= 4 is 11.8 Å². The largest absolute Gasteiger partial charge is 0.198 e. The number of hydrogen-bond acceptors (Lipinski definition) is 2. The standard InChI is InChI=1S/C17H23NS/c1-3-14-7-8-16(11-18)17(10-14)19-12-15-6-4-5-13(2)9-15/h4-6,9,14,16-17H,3,7-8,10,12H2,1-2H3. The van der Waals surface area contributed by atoms with E-state index in [2.05, 4.69) is 44.2 Å². The first-order valence-electron chi connectivity index (χ1n) is 7.29. The molecule has 3 atom stereocenters. The van der Waals surface area contributed by atoms with E-state index in [1.807, 2.05) is 11.8 Å². The van der Waals surface area contributed by atoms with Crippen LogP contribution in [-0.2, 0) is 5.75 Å². The summed E-state index contributed by atoms with van der Waals surface area (Å²) in [7, 11) is 0. The van der Waals surface area contributed by atoms with Crippen LogP contribution in [0.15, 0.2) is 24.3 Å². The highest BCUT2D eigenvalue weighted by Crippen LogP contribution is 2.38. The van der Waals surface area contributed by atoms with Gasteiger partial charge < -0.3 is 0 Å². The number of rotatable bonds is 4. The van der Waals surface area contributed by atoms with E-state index >= 15 is 0 Å². The summed E-state index contributed by atoms with van der Waals surface area (Å²) in [5.74, 6) is 2.14. The van der Waals surface area contributed by atoms with E-state index in [0.717, 1.165) is 18.1 Å². The fourth-order valence-corrected chi connectivity index (χ4v) is 4.34. The third-order valence-corrected chi connectivity index (χ3v) is 5.64. The molecule has 2 rings (SSSR count). The molecule has 1 fully saturated rings. The minimum Gasteiger partial charge on any atom is -0.198 e. The van der Waals surface area contributed by atoms with Crippen LogP contribution in [0, 0.1) is 30.1 Å². The van der Waals surface area contributed by atoms with Gasteiger partial charge in [0.1, 0.15) is 0 Å². The Morgan fingerprint density at radius 1 is 1.37 bits per heavy atom. The molecular weight excluding hydrogens is 250 g/mol. The van der Waals surface area contributed by atoms with Gasteiger partial charge in [0, 0.05) is 11.0 Å². The van der Waals surface area contributed by atoms with Crippen LogP contribution in [0.3, 0.4) is 0 Å². The van der Waals surface area contributed by atoms with Crippen LogP contribution in [0.5, 0.6) is 0 Å². The van der Waals surface area contributed by atoms with Gasteiger partial charge in [0.05, 0.1) is 12.0 Å². The number of nitrogens with zero attached hydrogens (tertiary/aromatic N) is 1. The molecule has 0 aliphatic heterocycles. The number of nitriles is 1. The predicted octanol–water partition coefficient (Wildman–Crippen LogP) is 4.95. The summed E-state index contributed by atoms with van der Waals surface area (Å²) in [6.07, 6.45) is 4.83. The molecule has 0 N–H and O–H groups in total. The predicted molar refractivity (Wildman–Crippen MR) is 83.0 cm³/mol. The molecule has 0 saturated heterocycles. The molecule has 1 aliphatic carbocycles. The molecular formula is C17H23NS. The monoisotopic (exact) mass is 273 g/mol. The second-order valence-corrected chi connectivity index (χ2v) is 6.89. The molecule has 0 aromatic heterocycles. The maximum Gasteiger partial charge on any atom is 0.0667 e. The van der Waals surface area contributed by atoms with Gasteiger partial charge in [-0.15, -0.1) is 0 Å². The fourth-order valence-electron chi connectivity index (χ4n) is 2.92. The zero-order valence-corrected chi connectivity index (χ0v) is 12.7. The summed E-state index contributed by atoms with van der Waals surface area (Å²) >= 11 is 1.99. The van der Waals surface area contributed by atoms with Gasteiger partial charge in [0.25, 0.3) is 0 Å². The van der Waals surface area contributed by atoms with Crippen molar-refractivity contribution in [2.45, 2.75) is 50.5 Å². The van der Waals surface area contributed by atoms with Crippen LogP contribution in [0.2, 0.25) is 0 Å². The molecule has 3 unspecified atom stereocenters. The molecule has 0 spiro atoms. The Labute approximate surface area is 121 Å². The first kappa shape index (κ1) is 14.5. The van der Waals surface area contributed by atoms with Crippen molar-refractivity contribution in [1.29, 1.82) is 5.26 Å². The van der Waals surface area contributed by atoms with E-state index in [4.69, 9.17) is 0 Å². The lowest BCUT2D eigenvalue weighted by molar-refractivity contribution is 0.317. The van der Waals surface area contributed by atoms with Gasteiger partial charge in [-0.05, 0) is 37.7 Å². The lowest BCUT2D eigenvalue weighted by atomic mass is 9.81. The van der Waals surface area contributed by atoms with E-state index < -0.39 is 0 Å². The Hall–Kier alpha value is -0.940. The second-order valence-electron chi connectivity index (χ2n) is 5.66. The average Bonchev–Trinajstić information content (AvgIpc) is 2.45. The zero-order valence-electron chi connectivity index (χ0n) is 11.9. The van der Waals surface area contributed by atoms with E-state index in [0.29, 0.717) is 5.25 Å². The highest BCUT2D eigenvalue weighted by Gasteiger charge is 2.29.